The lowest BCUT2D eigenvalue weighted by Crippen LogP contribution is -2.36. The summed E-state index contributed by atoms with van der Waals surface area (Å²) >= 11 is 1.61. The minimum atomic E-state index is -0.665. The fraction of sp³-hybridized carbons (Fsp3) is 0.923. The van der Waals surface area contributed by atoms with Gasteiger partial charge < -0.3 is 10.0 Å². The highest BCUT2D eigenvalue weighted by atomic mass is 32.2. The number of likely N-dealkylation sites (tertiary alicyclic amines) is 1. The maximum Gasteiger partial charge on any atom is 0.316 e. The number of hydrogen-bond acceptors (Lipinski definition) is 3. The van der Waals surface area contributed by atoms with Crippen molar-refractivity contribution in [3.8, 4) is 0 Å². The van der Waals surface area contributed by atoms with Crippen LogP contribution in [0.1, 0.15) is 39.5 Å². The smallest absolute Gasteiger partial charge is 0.316 e. The molecule has 3 nitrogen and oxygen atoms in total. The van der Waals surface area contributed by atoms with Crippen molar-refractivity contribution in [3.05, 3.63) is 0 Å². The lowest BCUT2D eigenvalue weighted by molar-refractivity contribution is -0.137. The van der Waals surface area contributed by atoms with E-state index in [1.807, 2.05) is 13.8 Å². The quantitative estimate of drug-likeness (QED) is 0.796. The zero-order valence-electron chi connectivity index (χ0n) is 11.2. The summed E-state index contributed by atoms with van der Waals surface area (Å²) in [7, 11) is 2.19. The molecule has 17 heavy (non-hydrogen) atoms. The molecule has 0 aromatic carbocycles. The van der Waals surface area contributed by atoms with Crippen molar-refractivity contribution in [2.45, 2.75) is 50.8 Å². The molecule has 0 aromatic rings. The van der Waals surface area contributed by atoms with Crippen LogP contribution >= 0.6 is 11.8 Å². The van der Waals surface area contributed by atoms with Gasteiger partial charge in [0.05, 0.1) is 0 Å². The SMILES string of the molecule is CC(C)C(SCCC1CCCCN1C)C(=O)O. The lowest BCUT2D eigenvalue weighted by Gasteiger charge is -2.32. The van der Waals surface area contributed by atoms with E-state index in [-0.39, 0.29) is 11.2 Å². The molecule has 1 rings (SSSR count). The van der Waals surface area contributed by atoms with Gasteiger partial charge in [0.2, 0.25) is 0 Å². The lowest BCUT2D eigenvalue weighted by atomic mass is 10.0. The van der Waals surface area contributed by atoms with Gasteiger partial charge in [-0.1, -0.05) is 20.3 Å². The number of aliphatic carboxylic acids is 1. The zero-order chi connectivity index (χ0) is 12.8. The summed E-state index contributed by atoms with van der Waals surface area (Å²) in [6.07, 6.45) is 5.03. The number of hydrogen-bond donors (Lipinski definition) is 1. The fourth-order valence-electron chi connectivity index (χ4n) is 2.39. The maximum atomic E-state index is 11.1. The molecule has 2 unspecified atom stereocenters. The highest BCUT2D eigenvalue weighted by Crippen LogP contribution is 2.24. The normalized spacial score (nSPS) is 23.9. The number of carbonyl (C=O) groups is 1. The zero-order valence-corrected chi connectivity index (χ0v) is 12.0. The number of rotatable bonds is 6. The summed E-state index contributed by atoms with van der Waals surface area (Å²) in [6.45, 7) is 5.17. The highest BCUT2D eigenvalue weighted by Gasteiger charge is 2.23. The summed E-state index contributed by atoms with van der Waals surface area (Å²) in [5.41, 5.74) is 0. The van der Waals surface area contributed by atoms with E-state index in [0.717, 1.165) is 12.2 Å². The average Bonchev–Trinajstić information content (AvgIpc) is 2.25. The molecule has 100 valence electrons. The van der Waals surface area contributed by atoms with Gasteiger partial charge in [0, 0.05) is 6.04 Å². The Labute approximate surface area is 109 Å². The molecule has 0 aromatic heterocycles. The van der Waals surface area contributed by atoms with Crippen LogP contribution in [0.4, 0.5) is 0 Å². The molecule has 1 aliphatic heterocycles. The number of nitrogens with zero attached hydrogens (tertiary/aromatic N) is 1. The standard InChI is InChI=1S/C13H25NO2S/c1-10(2)12(13(15)16)17-9-7-11-6-4-5-8-14(11)3/h10-12H,4-9H2,1-3H3,(H,15,16). The summed E-state index contributed by atoms with van der Waals surface area (Å²) in [5.74, 6) is 0.507. The van der Waals surface area contributed by atoms with Gasteiger partial charge >= 0.3 is 5.97 Å². The Balaban J connectivity index is 2.28. The van der Waals surface area contributed by atoms with E-state index in [1.54, 1.807) is 11.8 Å². The molecule has 2 atom stereocenters. The van der Waals surface area contributed by atoms with Crippen molar-refractivity contribution in [1.82, 2.24) is 4.90 Å². The van der Waals surface area contributed by atoms with Crippen molar-refractivity contribution in [3.63, 3.8) is 0 Å². The van der Waals surface area contributed by atoms with E-state index >= 15 is 0 Å². The molecule has 0 aliphatic carbocycles. The van der Waals surface area contributed by atoms with E-state index in [4.69, 9.17) is 5.11 Å². The van der Waals surface area contributed by atoms with Crippen molar-refractivity contribution >= 4 is 17.7 Å². The van der Waals surface area contributed by atoms with E-state index in [2.05, 4.69) is 11.9 Å². The molecular weight excluding hydrogens is 234 g/mol. The van der Waals surface area contributed by atoms with E-state index in [9.17, 15) is 4.79 Å². The van der Waals surface area contributed by atoms with Crippen LogP contribution in [0.5, 0.6) is 0 Å². The molecule has 0 amide bonds. The van der Waals surface area contributed by atoms with Gasteiger partial charge in [0.15, 0.2) is 0 Å². The van der Waals surface area contributed by atoms with Gasteiger partial charge in [-0.05, 0) is 44.5 Å². The molecule has 1 heterocycles. The molecule has 0 saturated carbocycles. The van der Waals surface area contributed by atoms with Gasteiger partial charge in [0.25, 0.3) is 0 Å². The predicted molar refractivity (Wildman–Crippen MR) is 73.6 cm³/mol. The van der Waals surface area contributed by atoms with Gasteiger partial charge in [0.1, 0.15) is 5.25 Å². The van der Waals surface area contributed by atoms with E-state index < -0.39 is 5.97 Å². The maximum absolute atomic E-state index is 11.1. The van der Waals surface area contributed by atoms with E-state index in [0.29, 0.717) is 6.04 Å². The third-order valence-electron chi connectivity index (χ3n) is 3.52. The minimum Gasteiger partial charge on any atom is -0.480 e. The third kappa shape index (κ3) is 4.88. The van der Waals surface area contributed by atoms with Gasteiger partial charge in [-0.2, -0.15) is 0 Å². The largest absolute Gasteiger partial charge is 0.480 e. The van der Waals surface area contributed by atoms with Crippen molar-refractivity contribution < 1.29 is 9.90 Å². The van der Waals surface area contributed by atoms with Crippen LogP contribution in [0.2, 0.25) is 0 Å². The monoisotopic (exact) mass is 259 g/mol. The Morgan fingerprint density at radius 2 is 2.18 bits per heavy atom. The second-order valence-electron chi connectivity index (χ2n) is 5.29. The number of carboxylic acid groups (broad SMARTS) is 1. The first-order valence-corrected chi connectivity index (χ1v) is 7.62. The number of carboxylic acids is 1. The van der Waals surface area contributed by atoms with Crippen LogP contribution in [-0.4, -0.2) is 46.6 Å². The van der Waals surface area contributed by atoms with Gasteiger partial charge in [-0.25, -0.2) is 0 Å². The first kappa shape index (κ1) is 14.8. The topological polar surface area (TPSA) is 40.5 Å². The Kier molecular flexibility index (Phi) is 6.34. The number of thioether (sulfide) groups is 1. The first-order valence-electron chi connectivity index (χ1n) is 6.57. The van der Waals surface area contributed by atoms with E-state index in [1.165, 1.54) is 25.8 Å². The average molecular weight is 259 g/mol. The van der Waals surface area contributed by atoms with Crippen LogP contribution in [0.15, 0.2) is 0 Å². The van der Waals surface area contributed by atoms with Crippen molar-refractivity contribution in [1.29, 1.82) is 0 Å². The summed E-state index contributed by atoms with van der Waals surface area (Å²) in [6, 6.07) is 0.665. The highest BCUT2D eigenvalue weighted by molar-refractivity contribution is 8.00. The summed E-state index contributed by atoms with van der Waals surface area (Å²) in [4.78, 5) is 13.5. The van der Waals surface area contributed by atoms with Crippen molar-refractivity contribution in [2.24, 2.45) is 5.92 Å². The van der Waals surface area contributed by atoms with Crippen LogP contribution < -0.4 is 0 Å². The molecule has 4 heteroatoms. The minimum absolute atomic E-state index is 0.210. The fourth-order valence-corrected chi connectivity index (χ4v) is 3.58. The third-order valence-corrected chi connectivity index (χ3v) is 5.10. The van der Waals surface area contributed by atoms with Crippen LogP contribution in [0.25, 0.3) is 0 Å². The Hall–Kier alpha value is -0.220. The summed E-state index contributed by atoms with van der Waals surface area (Å²) < 4.78 is 0. The van der Waals surface area contributed by atoms with Gasteiger partial charge in [-0.3, -0.25) is 4.79 Å². The Morgan fingerprint density at radius 3 is 2.71 bits per heavy atom. The van der Waals surface area contributed by atoms with Crippen LogP contribution in [0, 0.1) is 5.92 Å². The second kappa shape index (κ2) is 7.27. The molecule has 1 N–H and O–H groups in total. The molecule has 1 saturated heterocycles. The number of piperidine rings is 1. The molecular formula is C13H25NO2S. The molecule has 0 bridgehead atoms. The van der Waals surface area contributed by atoms with Crippen LogP contribution in [0.3, 0.4) is 0 Å². The molecule has 0 radical (unpaired) electrons. The first-order chi connectivity index (χ1) is 8.02. The molecule has 1 aliphatic rings. The Bertz CT molecular complexity index is 246. The molecule has 0 spiro atoms. The van der Waals surface area contributed by atoms with Gasteiger partial charge in [-0.15, -0.1) is 11.8 Å². The Morgan fingerprint density at radius 1 is 1.47 bits per heavy atom. The van der Waals surface area contributed by atoms with Crippen molar-refractivity contribution in [2.75, 3.05) is 19.3 Å². The second-order valence-corrected chi connectivity index (χ2v) is 6.54. The van der Waals surface area contributed by atoms with Crippen LogP contribution in [-0.2, 0) is 4.79 Å². The summed E-state index contributed by atoms with van der Waals surface area (Å²) in [5, 5.41) is 8.85. The molecule has 1 fully saturated rings. The predicted octanol–water partition coefficient (Wildman–Crippen LogP) is 2.70.